The Kier molecular flexibility index (Phi) is 5.86. The number of aryl methyl sites for hydroxylation is 1. The minimum absolute atomic E-state index is 0.0257. The third kappa shape index (κ3) is 4.42. The largest absolute Gasteiger partial charge is 0.354 e. The van der Waals surface area contributed by atoms with Gasteiger partial charge in [0.05, 0.1) is 21.9 Å². The Hall–Kier alpha value is -4.53. The number of nitrogens with zero attached hydrogens (tertiary/aromatic N) is 2. The minimum atomic E-state index is -0.767. The van der Waals surface area contributed by atoms with E-state index < -0.39 is 28.3 Å². The zero-order valence-corrected chi connectivity index (χ0v) is 17.7. The molecule has 1 aliphatic rings. The number of fused-ring (bicyclic) bond motifs is 1. The van der Waals surface area contributed by atoms with E-state index in [0.717, 1.165) is 16.2 Å². The van der Waals surface area contributed by atoms with Gasteiger partial charge in [0, 0.05) is 24.7 Å². The third-order valence-corrected chi connectivity index (χ3v) is 5.27. The molecule has 0 unspecified atom stereocenters. The van der Waals surface area contributed by atoms with Gasteiger partial charge in [0.1, 0.15) is 5.56 Å². The minimum Gasteiger partial charge on any atom is -0.354 e. The fourth-order valence-corrected chi connectivity index (χ4v) is 3.59. The van der Waals surface area contributed by atoms with E-state index in [1.54, 1.807) is 12.1 Å². The molecule has 0 aromatic heterocycles. The molecule has 0 saturated heterocycles. The molecule has 0 fully saturated rings. The van der Waals surface area contributed by atoms with Crippen molar-refractivity contribution in [2.75, 3.05) is 17.2 Å². The van der Waals surface area contributed by atoms with E-state index in [0.29, 0.717) is 11.4 Å². The lowest BCUT2D eigenvalue weighted by Gasteiger charge is -2.15. The van der Waals surface area contributed by atoms with Gasteiger partial charge in [-0.25, -0.2) is 0 Å². The molecule has 1 heterocycles. The van der Waals surface area contributed by atoms with Gasteiger partial charge in [-0.3, -0.25) is 29.4 Å². The van der Waals surface area contributed by atoms with Crippen LogP contribution in [0, 0.1) is 17.0 Å². The summed E-state index contributed by atoms with van der Waals surface area (Å²) in [6, 6.07) is 18.9. The van der Waals surface area contributed by atoms with Crippen molar-refractivity contribution < 1.29 is 19.3 Å². The van der Waals surface area contributed by atoms with Crippen LogP contribution in [0.2, 0.25) is 0 Å². The highest BCUT2D eigenvalue weighted by Gasteiger charge is 2.40. The van der Waals surface area contributed by atoms with Crippen molar-refractivity contribution in [1.82, 2.24) is 4.90 Å². The van der Waals surface area contributed by atoms with E-state index in [9.17, 15) is 24.5 Å². The summed E-state index contributed by atoms with van der Waals surface area (Å²) < 4.78 is 0. The highest BCUT2D eigenvalue weighted by atomic mass is 16.6. The molecule has 0 aliphatic carbocycles. The van der Waals surface area contributed by atoms with Crippen LogP contribution in [0.1, 0.15) is 32.7 Å². The van der Waals surface area contributed by atoms with E-state index in [1.807, 2.05) is 43.3 Å². The number of nitrogens with one attached hydrogen (secondary N) is 2. The Labute approximate surface area is 189 Å². The van der Waals surface area contributed by atoms with Crippen LogP contribution in [0.15, 0.2) is 66.7 Å². The van der Waals surface area contributed by atoms with Gasteiger partial charge in [0.2, 0.25) is 5.91 Å². The summed E-state index contributed by atoms with van der Waals surface area (Å²) in [6.07, 6.45) is -0.155. The lowest BCUT2D eigenvalue weighted by atomic mass is 10.1. The van der Waals surface area contributed by atoms with Crippen LogP contribution in [0.4, 0.5) is 22.7 Å². The second kappa shape index (κ2) is 8.91. The number of nitro benzene ring substituents is 1. The molecule has 0 atom stereocenters. The van der Waals surface area contributed by atoms with Gasteiger partial charge in [-0.15, -0.1) is 0 Å². The Balaban J connectivity index is 1.43. The normalized spacial score (nSPS) is 12.5. The van der Waals surface area contributed by atoms with E-state index >= 15 is 0 Å². The summed E-state index contributed by atoms with van der Waals surface area (Å²) in [5.41, 5.74) is 2.53. The van der Waals surface area contributed by atoms with Crippen molar-refractivity contribution in [3.05, 3.63) is 93.5 Å². The van der Waals surface area contributed by atoms with Gasteiger partial charge in [0.25, 0.3) is 17.5 Å². The Morgan fingerprint density at radius 2 is 1.64 bits per heavy atom. The number of hydrogen-bond acceptors (Lipinski definition) is 6. The summed E-state index contributed by atoms with van der Waals surface area (Å²) in [7, 11) is 0. The van der Waals surface area contributed by atoms with Gasteiger partial charge in [-0.1, -0.05) is 35.9 Å². The number of imide groups is 1. The van der Waals surface area contributed by atoms with Crippen LogP contribution in [0.25, 0.3) is 0 Å². The fourth-order valence-electron chi connectivity index (χ4n) is 3.59. The number of para-hydroxylation sites is 2. The summed E-state index contributed by atoms with van der Waals surface area (Å²) in [5, 5.41) is 17.3. The number of rotatable bonds is 7. The predicted octanol–water partition coefficient (Wildman–Crippen LogP) is 4.27. The first-order chi connectivity index (χ1) is 15.8. The van der Waals surface area contributed by atoms with Crippen molar-refractivity contribution in [2.24, 2.45) is 0 Å². The molecule has 3 amide bonds. The standard InChI is InChI=1S/C24H20N4O5/c1-15-9-11-16(12-10-15)25-18-6-2-3-7-19(18)26-21(29)13-14-27-23(30)17-5-4-8-20(28(32)33)22(17)24(27)31/h2-12,25H,13-14H2,1H3,(H,26,29). The molecular formula is C24H20N4O5. The monoisotopic (exact) mass is 444 g/mol. The van der Waals surface area contributed by atoms with Gasteiger partial charge < -0.3 is 10.6 Å². The molecule has 2 N–H and O–H groups in total. The van der Waals surface area contributed by atoms with E-state index in [4.69, 9.17) is 0 Å². The quantitative estimate of drug-likeness (QED) is 0.319. The second-order valence-corrected chi connectivity index (χ2v) is 7.55. The first-order valence-corrected chi connectivity index (χ1v) is 10.2. The van der Waals surface area contributed by atoms with Crippen molar-refractivity contribution >= 4 is 40.5 Å². The van der Waals surface area contributed by atoms with Crippen molar-refractivity contribution in [2.45, 2.75) is 13.3 Å². The molecule has 0 radical (unpaired) electrons. The third-order valence-electron chi connectivity index (χ3n) is 5.27. The lowest BCUT2D eigenvalue weighted by Crippen LogP contribution is -2.33. The summed E-state index contributed by atoms with van der Waals surface area (Å²) in [6.45, 7) is 1.80. The predicted molar refractivity (Wildman–Crippen MR) is 123 cm³/mol. The maximum Gasteiger partial charge on any atom is 0.282 e. The van der Waals surface area contributed by atoms with Gasteiger partial charge in [-0.2, -0.15) is 0 Å². The van der Waals surface area contributed by atoms with E-state index in [1.165, 1.54) is 18.2 Å². The van der Waals surface area contributed by atoms with Crippen LogP contribution in [-0.2, 0) is 4.79 Å². The summed E-state index contributed by atoms with van der Waals surface area (Å²) in [5.74, 6) is -1.82. The average molecular weight is 444 g/mol. The maximum atomic E-state index is 12.6. The number of nitro groups is 1. The molecule has 0 bridgehead atoms. The highest BCUT2D eigenvalue weighted by molar-refractivity contribution is 6.23. The van der Waals surface area contributed by atoms with E-state index in [2.05, 4.69) is 10.6 Å². The van der Waals surface area contributed by atoms with Crippen LogP contribution < -0.4 is 10.6 Å². The fraction of sp³-hybridized carbons (Fsp3) is 0.125. The molecule has 3 aromatic carbocycles. The summed E-state index contributed by atoms with van der Waals surface area (Å²) in [4.78, 5) is 49.2. The van der Waals surface area contributed by atoms with Crippen LogP contribution in [-0.4, -0.2) is 34.1 Å². The molecule has 0 saturated carbocycles. The highest BCUT2D eigenvalue weighted by Crippen LogP contribution is 2.31. The zero-order valence-electron chi connectivity index (χ0n) is 17.7. The Bertz CT molecular complexity index is 1270. The molecular weight excluding hydrogens is 424 g/mol. The van der Waals surface area contributed by atoms with Crippen LogP contribution in [0.3, 0.4) is 0 Å². The maximum absolute atomic E-state index is 12.6. The van der Waals surface area contributed by atoms with Crippen molar-refractivity contribution in [3.8, 4) is 0 Å². The molecule has 4 rings (SSSR count). The number of amides is 3. The molecule has 0 spiro atoms. The van der Waals surface area contributed by atoms with E-state index in [-0.39, 0.29) is 24.1 Å². The lowest BCUT2D eigenvalue weighted by molar-refractivity contribution is -0.385. The molecule has 9 heteroatoms. The van der Waals surface area contributed by atoms with Crippen LogP contribution >= 0.6 is 0 Å². The number of carbonyl (C=O) groups is 3. The number of benzene rings is 3. The first kappa shape index (κ1) is 21.7. The van der Waals surface area contributed by atoms with Crippen molar-refractivity contribution in [1.29, 1.82) is 0 Å². The van der Waals surface area contributed by atoms with Gasteiger partial charge in [0.15, 0.2) is 0 Å². The Morgan fingerprint density at radius 3 is 2.33 bits per heavy atom. The number of anilines is 3. The van der Waals surface area contributed by atoms with Gasteiger partial charge in [-0.05, 0) is 37.3 Å². The molecule has 33 heavy (non-hydrogen) atoms. The molecule has 166 valence electrons. The zero-order chi connectivity index (χ0) is 23.5. The summed E-state index contributed by atoms with van der Waals surface area (Å²) >= 11 is 0. The van der Waals surface area contributed by atoms with Crippen LogP contribution in [0.5, 0.6) is 0 Å². The SMILES string of the molecule is Cc1ccc(Nc2ccccc2NC(=O)CCN2C(=O)c3cccc([N+](=O)[O-])c3C2=O)cc1. The molecule has 1 aliphatic heterocycles. The number of hydrogen-bond donors (Lipinski definition) is 2. The second-order valence-electron chi connectivity index (χ2n) is 7.55. The van der Waals surface area contributed by atoms with Crippen molar-refractivity contribution in [3.63, 3.8) is 0 Å². The molecule has 9 nitrogen and oxygen atoms in total. The smallest absolute Gasteiger partial charge is 0.282 e. The Morgan fingerprint density at radius 1 is 0.939 bits per heavy atom. The van der Waals surface area contributed by atoms with Gasteiger partial charge >= 0.3 is 0 Å². The number of carbonyl (C=O) groups excluding carboxylic acids is 3. The first-order valence-electron chi connectivity index (χ1n) is 10.2. The topological polar surface area (TPSA) is 122 Å². The average Bonchev–Trinajstić information content (AvgIpc) is 3.05. The molecule has 3 aromatic rings.